The SMILES string of the molecule is Cc1ccc(OCCC(C)CCBr)c([N+](=O)[O-])c1. The molecule has 1 rings (SSSR count). The van der Waals surface area contributed by atoms with Gasteiger partial charge in [-0.25, -0.2) is 0 Å². The quantitative estimate of drug-likeness (QED) is 0.432. The maximum absolute atomic E-state index is 10.9. The molecule has 0 fully saturated rings. The van der Waals surface area contributed by atoms with E-state index in [0.717, 1.165) is 23.7 Å². The van der Waals surface area contributed by atoms with Gasteiger partial charge in [0, 0.05) is 11.4 Å². The average Bonchev–Trinajstić information content (AvgIpc) is 2.31. The molecule has 1 aromatic carbocycles. The lowest BCUT2D eigenvalue weighted by atomic mass is 10.1. The summed E-state index contributed by atoms with van der Waals surface area (Å²) >= 11 is 3.40. The van der Waals surface area contributed by atoms with Crippen molar-refractivity contribution in [3.8, 4) is 5.75 Å². The van der Waals surface area contributed by atoms with Crippen molar-refractivity contribution in [3.63, 3.8) is 0 Å². The fourth-order valence-corrected chi connectivity index (χ4v) is 2.37. The number of nitro benzene ring substituents is 1. The van der Waals surface area contributed by atoms with Crippen molar-refractivity contribution in [1.82, 2.24) is 0 Å². The Kier molecular flexibility index (Phi) is 6.12. The maximum Gasteiger partial charge on any atom is 0.311 e. The van der Waals surface area contributed by atoms with Crippen molar-refractivity contribution in [1.29, 1.82) is 0 Å². The molecule has 0 aliphatic heterocycles. The molecule has 0 aromatic heterocycles. The molecule has 100 valence electrons. The van der Waals surface area contributed by atoms with E-state index in [9.17, 15) is 10.1 Å². The molecule has 0 saturated carbocycles. The third-order valence-electron chi connectivity index (χ3n) is 2.78. The second kappa shape index (κ2) is 7.36. The van der Waals surface area contributed by atoms with Crippen molar-refractivity contribution in [2.45, 2.75) is 26.7 Å². The summed E-state index contributed by atoms with van der Waals surface area (Å²) in [5.41, 5.74) is 0.907. The van der Waals surface area contributed by atoms with Gasteiger partial charge in [-0.15, -0.1) is 0 Å². The summed E-state index contributed by atoms with van der Waals surface area (Å²) in [7, 11) is 0. The zero-order valence-electron chi connectivity index (χ0n) is 10.7. The first kappa shape index (κ1) is 15.0. The van der Waals surface area contributed by atoms with Gasteiger partial charge in [0.05, 0.1) is 11.5 Å². The topological polar surface area (TPSA) is 52.4 Å². The predicted molar refractivity (Wildman–Crippen MR) is 75.5 cm³/mol. The van der Waals surface area contributed by atoms with E-state index in [1.165, 1.54) is 6.07 Å². The first-order chi connectivity index (χ1) is 8.54. The van der Waals surface area contributed by atoms with Crippen molar-refractivity contribution < 1.29 is 9.66 Å². The molecule has 1 atom stereocenters. The van der Waals surface area contributed by atoms with Crippen LogP contribution in [0, 0.1) is 23.0 Å². The highest BCUT2D eigenvalue weighted by Gasteiger charge is 2.15. The number of benzene rings is 1. The van der Waals surface area contributed by atoms with Crippen molar-refractivity contribution >= 4 is 21.6 Å². The molecule has 0 bridgehead atoms. The van der Waals surface area contributed by atoms with Gasteiger partial charge in [0.25, 0.3) is 0 Å². The van der Waals surface area contributed by atoms with Crippen LogP contribution in [0.15, 0.2) is 18.2 Å². The van der Waals surface area contributed by atoms with Crippen molar-refractivity contribution in [3.05, 3.63) is 33.9 Å². The van der Waals surface area contributed by atoms with E-state index in [0.29, 0.717) is 18.3 Å². The number of hydrogen-bond donors (Lipinski definition) is 0. The minimum Gasteiger partial charge on any atom is -0.487 e. The van der Waals surface area contributed by atoms with E-state index in [-0.39, 0.29) is 5.69 Å². The van der Waals surface area contributed by atoms with E-state index in [4.69, 9.17) is 4.74 Å². The molecular weight excluding hydrogens is 298 g/mol. The molecule has 18 heavy (non-hydrogen) atoms. The van der Waals surface area contributed by atoms with E-state index >= 15 is 0 Å². The molecule has 0 heterocycles. The molecular formula is C13H18BrNO3. The van der Waals surface area contributed by atoms with E-state index in [1.54, 1.807) is 6.07 Å². The standard InChI is InChI=1S/C13H18BrNO3/c1-10(5-7-14)6-8-18-13-4-3-11(2)9-12(13)15(16)17/h3-4,9-10H,5-8H2,1-2H3. The van der Waals surface area contributed by atoms with Gasteiger partial charge in [-0.2, -0.15) is 0 Å². The van der Waals surface area contributed by atoms with Crippen LogP contribution in [-0.4, -0.2) is 16.9 Å². The third-order valence-corrected chi connectivity index (χ3v) is 3.24. The number of ether oxygens (including phenoxy) is 1. The zero-order chi connectivity index (χ0) is 13.5. The van der Waals surface area contributed by atoms with Crippen LogP contribution in [-0.2, 0) is 0 Å². The number of nitrogens with zero attached hydrogens (tertiary/aromatic N) is 1. The molecule has 0 aliphatic rings. The second-order valence-corrected chi connectivity index (χ2v) is 5.24. The van der Waals surface area contributed by atoms with Crippen LogP contribution < -0.4 is 4.74 Å². The minimum absolute atomic E-state index is 0.0446. The Morgan fingerprint density at radius 2 is 2.17 bits per heavy atom. The Hall–Kier alpha value is -1.10. The molecule has 1 aromatic rings. The molecule has 0 amide bonds. The van der Waals surface area contributed by atoms with Gasteiger partial charge in [0.15, 0.2) is 5.75 Å². The number of alkyl halides is 1. The minimum atomic E-state index is -0.399. The number of halogens is 1. The highest BCUT2D eigenvalue weighted by molar-refractivity contribution is 9.09. The van der Waals surface area contributed by atoms with E-state index in [2.05, 4.69) is 22.9 Å². The Labute approximate surface area is 116 Å². The average molecular weight is 316 g/mol. The van der Waals surface area contributed by atoms with E-state index < -0.39 is 4.92 Å². The van der Waals surface area contributed by atoms with Gasteiger partial charge in [0.2, 0.25) is 0 Å². The molecule has 0 N–H and O–H groups in total. The summed E-state index contributed by atoms with van der Waals surface area (Å²) in [5.74, 6) is 0.908. The predicted octanol–water partition coefficient (Wildman–Crippen LogP) is 4.09. The van der Waals surface area contributed by atoms with Crippen LogP contribution in [0.3, 0.4) is 0 Å². The second-order valence-electron chi connectivity index (χ2n) is 4.45. The monoisotopic (exact) mass is 315 g/mol. The lowest BCUT2D eigenvalue weighted by molar-refractivity contribution is -0.385. The number of nitro groups is 1. The van der Waals surface area contributed by atoms with Crippen molar-refractivity contribution in [2.75, 3.05) is 11.9 Å². The first-order valence-corrected chi connectivity index (χ1v) is 7.10. The van der Waals surface area contributed by atoms with Crippen LogP contribution in [0.2, 0.25) is 0 Å². The van der Waals surface area contributed by atoms with Crippen LogP contribution in [0.5, 0.6) is 5.75 Å². The summed E-state index contributed by atoms with van der Waals surface area (Å²) in [6.45, 7) is 4.49. The smallest absolute Gasteiger partial charge is 0.311 e. The van der Waals surface area contributed by atoms with Crippen LogP contribution in [0.1, 0.15) is 25.3 Å². The highest BCUT2D eigenvalue weighted by atomic mass is 79.9. The van der Waals surface area contributed by atoms with Gasteiger partial charge >= 0.3 is 5.69 Å². The van der Waals surface area contributed by atoms with Gasteiger partial charge in [-0.1, -0.05) is 28.9 Å². The fraction of sp³-hybridized carbons (Fsp3) is 0.538. The van der Waals surface area contributed by atoms with Crippen LogP contribution >= 0.6 is 15.9 Å². The zero-order valence-corrected chi connectivity index (χ0v) is 12.3. The largest absolute Gasteiger partial charge is 0.487 e. The lowest BCUT2D eigenvalue weighted by Crippen LogP contribution is -2.06. The Morgan fingerprint density at radius 1 is 1.44 bits per heavy atom. The number of aryl methyl sites for hydroxylation is 1. The van der Waals surface area contributed by atoms with Gasteiger partial charge in [-0.05, 0) is 37.3 Å². The number of rotatable bonds is 7. The summed E-state index contributed by atoms with van der Waals surface area (Å²) in [6, 6.07) is 5.03. The molecule has 0 aliphatic carbocycles. The molecule has 5 heteroatoms. The molecule has 1 unspecified atom stereocenters. The summed E-state index contributed by atoms with van der Waals surface area (Å²) < 4.78 is 5.51. The fourth-order valence-electron chi connectivity index (χ4n) is 1.59. The molecule has 0 saturated heterocycles. The molecule has 4 nitrogen and oxygen atoms in total. The lowest BCUT2D eigenvalue weighted by Gasteiger charge is -2.11. The molecule has 0 spiro atoms. The van der Waals surface area contributed by atoms with Crippen molar-refractivity contribution in [2.24, 2.45) is 5.92 Å². The number of hydrogen-bond acceptors (Lipinski definition) is 3. The Morgan fingerprint density at radius 3 is 2.78 bits per heavy atom. The summed E-state index contributed by atoms with van der Waals surface area (Å²) in [4.78, 5) is 10.5. The third kappa shape index (κ3) is 4.64. The molecule has 0 radical (unpaired) electrons. The first-order valence-electron chi connectivity index (χ1n) is 5.98. The summed E-state index contributed by atoms with van der Waals surface area (Å²) in [6.07, 6.45) is 1.98. The van der Waals surface area contributed by atoms with Gasteiger partial charge in [-0.3, -0.25) is 10.1 Å². The maximum atomic E-state index is 10.9. The van der Waals surface area contributed by atoms with Gasteiger partial charge in [0.1, 0.15) is 0 Å². The van der Waals surface area contributed by atoms with E-state index in [1.807, 2.05) is 13.0 Å². The Bertz CT molecular complexity index is 409. The summed E-state index contributed by atoms with van der Waals surface area (Å²) in [5, 5.41) is 11.9. The Balaban J connectivity index is 2.59. The van der Waals surface area contributed by atoms with Crippen LogP contribution in [0.4, 0.5) is 5.69 Å². The van der Waals surface area contributed by atoms with Crippen LogP contribution in [0.25, 0.3) is 0 Å². The van der Waals surface area contributed by atoms with Gasteiger partial charge < -0.3 is 4.74 Å². The highest BCUT2D eigenvalue weighted by Crippen LogP contribution is 2.28. The normalized spacial score (nSPS) is 12.2.